The van der Waals surface area contributed by atoms with E-state index in [1.165, 1.54) is 29.4 Å². The average Bonchev–Trinajstić information content (AvgIpc) is 3.21. The molecule has 0 bridgehead atoms. The molecule has 9 heteroatoms. The van der Waals surface area contributed by atoms with Crippen molar-refractivity contribution in [3.63, 3.8) is 0 Å². The van der Waals surface area contributed by atoms with Crippen LogP contribution in [0.25, 0.3) is 21.3 Å². The number of sulfone groups is 1. The Bertz CT molecular complexity index is 1210. The summed E-state index contributed by atoms with van der Waals surface area (Å²) in [7, 11) is -3.27. The number of hydrogen-bond acceptors (Lipinski definition) is 8. The number of hydrogen-bond donors (Lipinski definition) is 0. The number of fused-ring (bicyclic) bond motifs is 1. The van der Waals surface area contributed by atoms with E-state index >= 15 is 0 Å². The predicted molar refractivity (Wildman–Crippen MR) is 107 cm³/mol. The third-order valence-corrected chi connectivity index (χ3v) is 7.75. The number of thiazole rings is 1. The number of aromatic nitrogens is 3. The van der Waals surface area contributed by atoms with Gasteiger partial charge >= 0.3 is 0 Å². The molecule has 0 radical (unpaired) electrons. The molecule has 0 aliphatic carbocycles. The van der Waals surface area contributed by atoms with Crippen LogP contribution in [-0.4, -0.2) is 29.6 Å². The molecule has 0 atom stereocenters. The summed E-state index contributed by atoms with van der Waals surface area (Å²) in [6.07, 6.45) is 2.77. The van der Waals surface area contributed by atoms with Crippen LogP contribution in [0.2, 0.25) is 0 Å². The largest absolute Gasteiger partial charge is 0.235 e. The van der Waals surface area contributed by atoms with Crippen molar-refractivity contribution in [2.75, 3.05) is 6.26 Å². The third kappa shape index (κ3) is 3.39. The van der Waals surface area contributed by atoms with Gasteiger partial charge in [-0.3, -0.25) is 0 Å². The highest BCUT2D eigenvalue weighted by molar-refractivity contribution is 8.01. The molecule has 3 heterocycles. The van der Waals surface area contributed by atoms with Crippen molar-refractivity contribution in [3.05, 3.63) is 47.0 Å². The fraction of sp³-hybridized carbons (Fsp3) is 0.118. The fourth-order valence-electron chi connectivity index (χ4n) is 2.49. The highest BCUT2D eigenvalue weighted by Crippen LogP contribution is 2.41. The molecule has 0 aliphatic rings. The zero-order chi connectivity index (χ0) is 18.3. The van der Waals surface area contributed by atoms with Crippen molar-refractivity contribution in [3.8, 4) is 11.1 Å². The minimum Gasteiger partial charge on any atom is -0.235 e. The molecule has 0 N–H and O–H groups in total. The van der Waals surface area contributed by atoms with Gasteiger partial charge in [0.25, 0.3) is 0 Å². The molecule has 5 nitrogen and oxygen atoms in total. The second kappa shape index (κ2) is 6.73. The maximum atomic E-state index is 11.9. The summed E-state index contributed by atoms with van der Waals surface area (Å²) in [4.78, 5) is 14.5. The van der Waals surface area contributed by atoms with Crippen LogP contribution < -0.4 is 0 Å². The number of aryl methyl sites for hydroxylation is 1. The highest BCUT2D eigenvalue weighted by atomic mass is 32.2. The Hall–Kier alpha value is -1.81. The van der Waals surface area contributed by atoms with Gasteiger partial charge in [0.2, 0.25) is 0 Å². The van der Waals surface area contributed by atoms with E-state index in [1.54, 1.807) is 35.9 Å². The minimum absolute atomic E-state index is 0.302. The molecule has 0 unspecified atom stereocenters. The molecule has 1 aromatic carbocycles. The first-order valence-corrected chi connectivity index (χ1v) is 12.0. The van der Waals surface area contributed by atoms with Gasteiger partial charge < -0.3 is 0 Å². The lowest BCUT2D eigenvalue weighted by Crippen LogP contribution is -1.96. The Morgan fingerprint density at radius 3 is 2.69 bits per heavy atom. The third-order valence-electron chi connectivity index (χ3n) is 3.69. The molecule has 3 aromatic heterocycles. The van der Waals surface area contributed by atoms with Gasteiger partial charge in [-0.25, -0.2) is 23.4 Å². The Morgan fingerprint density at radius 2 is 1.96 bits per heavy atom. The molecule has 0 saturated carbocycles. The monoisotopic (exact) mass is 419 g/mol. The second-order valence-corrected chi connectivity index (χ2v) is 10.6. The fourth-order valence-corrected chi connectivity index (χ4v) is 6.00. The molecule has 0 fully saturated rings. The van der Waals surface area contributed by atoms with Gasteiger partial charge in [-0.15, -0.1) is 22.7 Å². The van der Waals surface area contributed by atoms with Crippen LogP contribution >= 0.6 is 34.4 Å². The van der Waals surface area contributed by atoms with Crippen molar-refractivity contribution in [2.24, 2.45) is 0 Å². The van der Waals surface area contributed by atoms with E-state index in [9.17, 15) is 8.42 Å². The summed E-state index contributed by atoms with van der Waals surface area (Å²) in [5.74, 6) is 0. The average molecular weight is 420 g/mol. The summed E-state index contributed by atoms with van der Waals surface area (Å²) in [6.45, 7) is 1.96. The van der Waals surface area contributed by atoms with Gasteiger partial charge in [-0.05, 0) is 36.4 Å². The summed E-state index contributed by atoms with van der Waals surface area (Å²) < 4.78 is 24.7. The number of nitrogens with zero attached hydrogens (tertiary/aromatic N) is 3. The van der Waals surface area contributed by atoms with Gasteiger partial charge in [0.05, 0.1) is 10.3 Å². The van der Waals surface area contributed by atoms with Crippen LogP contribution in [0.5, 0.6) is 0 Å². The molecular formula is C17H13N3O2S4. The van der Waals surface area contributed by atoms with Crippen molar-refractivity contribution < 1.29 is 8.42 Å². The van der Waals surface area contributed by atoms with Crippen molar-refractivity contribution in [1.82, 2.24) is 15.0 Å². The lowest BCUT2D eigenvalue weighted by molar-refractivity contribution is 0.602. The molecule has 4 aromatic rings. The predicted octanol–water partition coefficient (Wildman–Crippen LogP) is 4.68. The zero-order valence-electron chi connectivity index (χ0n) is 13.8. The van der Waals surface area contributed by atoms with E-state index in [0.717, 1.165) is 36.4 Å². The summed E-state index contributed by atoms with van der Waals surface area (Å²) in [5, 5.41) is 5.76. The summed E-state index contributed by atoms with van der Waals surface area (Å²) in [6, 6.07) is 6.98. The maximum absolute atomic E-state index is 11.9. The molecule has 0 spiro atoms. The van der Waals surface area contributed by atoms with Gasteiger partial charge in [0.1, 0.15) is 16.2 Å². The van der Waals surface area contributed by atoms with E-state index in [2.05, 4.69) is 15.0 Å². The molecule has 4 rings (SSSR count). The normalized spacial score (nSPS) is 11.9. The zero-order valence-corrected chi connectivity index (χ0v) is 17.1. The lowest BCUT2D eigenvalue weighted by Gasteiger charge is -2.05. The first-order chi connectivity index (χ1) is 12.4. The molecule has 0 aliphatic heterocycles. The van der Waals surface area contributed by atoms with E-state index < -0.39 is 9.84 Å². The molecule has 132 valence electrons. The smallest absolute Gasteiger partial charge is 0.175 e. The van der Waals surface area contributed by atoms with Crippen molar-refractivity contribution >= 4 is 54.5 Å². The SMILES string of the molecule is Cc1csc(Sc2ncnc3scc(-c4cccc(S(C)(=O)=O)c4)c23)n1. The van der Waals surface area contributed by atoms with Crippen LogP contribution in [0.1, 0.15) is 5.69 Å². The minimum atomic E-state index is -3.27. The topological polar surface area (TPSA) is 72.8 Å². The molecular weight excluding hydrogens is 406 g/mol. The summed E-state index contributed by atoms with van der Waals surface area (Å²) in [5.41, 5.74) is 2.76. The quantitative estimate of drug-likeness (QED) is 0.447. The van der Waals surface area contributed by atoms with Gasteiger partial charge in [-0.1, -0.05) is 12.1 Å². The molecule has 0 saturated heterocycles. The van der Waals surface area contributed by atoms with E-state index in [-0.39, 0.29) is 0 Å². The Labute approximate surface area is 163 Å². The maximum Gasteiger partial charge on any atom is 0.175 e. The molecule has 0 amide bonds. The van der Waals surface area contributed by atoms with Gasteiger partial charge in [0.15, 0.2) is 14.2 Å². The van der Waals surface area contributed by atoms with E-state index in [1.807, 2.05) is 23.8 Å². The van der Waals surface area contributed by atoms with Crippen LogP contribution in [0.4, 0.5) is 0 Å². The van der Waals surface area contributed by atoms with Crippen LogP contribution in [0.15, 0.2) is 55.6 Å². The summed E-state index contributed by atoms with van der Waals surface area (Å²) >= 11 is 4.61. The van der Waals surface area contributed by atoms with E-state index in [4.69, 9.17) is 0 Å². The Kier molecular flexibility index (Phi) is 4.55. The van der Waals surface area contributed by atoms with E-state index in [0.29, 0.717) is 4.90 Å². The van der Waals surface area contributed by atoms with Crippen LogP contribution in [-0.2, 0) is 9.84 Å². The van der Waals surface area contributed by atoms with Crippen LogP contribution in [0, 0.1) is 6.92 Å². The van der Waals surface area contributed by atoms with Crippen LogP contribution in [0.3, 0.4) is 0 Å². The Morgan fingerprint density at radius 1 is 1.12 bits per heavy atom. The first kappa shape index (κ1) is 17.6. The van der Waals surface area contributed by atoms with Gasteiger partial charge in [0, 0.05) is 28.3 Å². The number of benzene rings is 1. The molecule has 26 heavy (non-hydrogen) atoms. The standard InChI is InChI=1S/C17H13N3O2S4/c1-10-7-24-17(20-10)25-16-14-13(8-23-15(14)18-9-19-16)11-4-3-5-12(6-11)26(2,21)22/h3-9H,1-2H3. The number of rotatable bonds is 4. The van der Waals surface area contributed by atoms with Crippen molar-refractivity contribution in [2.45, 2.75) is 21.2 Å². The number of thiophene rings is 1. The van der Waals surface area contributed by atoms with Gasteiger partial charge in [-0.2, -0.15) is 0 Å². The highest BCUT2D eigenvalue weighted by Gasteiger charge is 2.16. The lowest BCUT2D eigenvalue weighted by atomic mass is 10.1. The first-order valence-electron chi connectivity index (χ1n) is 7.54. The Balaban J connectivity index is 1.87. The second-order valence-electron chi connectivity index (χ2n) is 5.67. The van der Waals surface area contributed by atoms with Crippen molar-refractivity contribution in [1.29, 1.82) is 0 Å².